The molecule has 0 aromatic rings. The van der Waals surface area contributed by atoms with Gasteiger partial charge in [-0.2, -0.15) is 0 Å². The molecule has 1 aliphatic rings. The van der Waals surface area contributed by atoms with Crippen molar-refractivity contribution in [3.05, 3.63) is 0 Å². The fourth-order valence-electron chi connectivity index (χ4n) is 1.92. The summed E-state index contributed by atoms with van der Waals surface area (Å²) in [6.07, 6.45) is 2.61. The number of rotatable bonds is 4. The SMILES string of the molecule is CC[C@@H](C(=O)O)N1CCCC1OC. The number of likely N-dealkylation sites (tertiary alicyclic amines) is 1. The lowest BCUT2D eigenvalue weighted by atomic mass is 10.2. The second kappa shape index (κ2) is 4.58. The molecule has 0 aromatic heterocycles. The summed E-state index contributed by atoms with van der Waals surface area (Å²) >= 11 is 0. The first-order valence-electron chi connectivity index (χ1n) is 4.72. The molecule has 0 spiro atoms. The lowest BCUT2D eigenvalue weighted by Gasteiger charge is -2.28. The summed E-state index contributed by atoms with van der Waals surface area (Å²) in [6.45, 7) is 2.73. The van der Waals surface area contributed by atoms with Crippen LogP contribution in [0.1, 0.15) is 26.2 Å². The van der Waals surface area contributed by atoms with E-state index in [1.54, 1.807) is 7.11 Å². The van der Waals surface area contributed by atoms with Crippen molar-refractivity contribution in [2.45, 2.75) is 38.5 Å². The van der Waals surface area contributed by atoms with E-state index in [4.69, 9.17) is 9.84 Å². The third-order valence-corrected chi connectivity index (χ3v) is 2.58. The first-order valence-corrected chi connectivity index (χ1v) is 4.72. The van der Waals surface area contributed by atoms with Crippen LogP contribution in [0.3, 0.4) is 0 Å². The van der Waals surface area contributed by atoms with E-state index in [-0.39, 0.29) is 12.3 Å². The van der Waals surface area contributed by atoms with Gasteiger partial charge in [-0.1, -0.05) is 6.92 Å². The number of methoxy groups -OCH3 is 1. The molecule has 1 N–H and O–H groups in total. The predicted molar refractivity (Wildman–Crippen MR) is 48.5 cm³/mol. The smallest absolute Gasteiger partial charge is 0.320 e. The standard InChI is InChI=1S/C9H17NO3/c1-3-7(9(11)12)10-6-4-5-8(10)13-2/h7-8H,3-6H2,1-2H3,(H,11,12)/t7-,8?/m0/s1. The number of carbonyl (C=O) groups is 1. The molecule has 1 fully saturated rings. The molecule has 1 heterocycles. The number of hydrogen-bond donors (Lipinski definition) is 1. The van der Waals surface area contributed by atoms with E-state index in [2.05, 4.69) is 0 Å². The molecule has 4 heteroatoms. The number of carboxylic acid groups (broad SMARTS) is 1. The van der Waals surface area contributed by atoms with Gasteiger partial charge in [0.05, 0.1) is 0 Å². The average Bonchev–Trinajstić information content (AvgIpc) is 2.53. The van der Waals surface area contributed by atoms with Crippen molar-refractivity contribution in [2.24, 2.45) is 0 Å². The summed E-state index contributed by atoms with van der Waals surface area (Å²) in [7, 11) is 1.64. The Morgan fingerprint density at radius 1 is 1.77 bits per heavy atom. The van der Waals surface area contributed by atoms with Crippen LogP contribution in [0.2, 0.25) is 0 Å². The van der Waals surface area contributed by atoms with Crippen LogP contribution in [-0.2, 0) is 9.53 Å². The Morgan fingerprint density at radius 2 is 2.46 bits per heavy atom. The van der Waals surface area contributed by atoms with Crippen molar-refractivity contribution < 1.29 is 14.6 Å². The lowest BCUT2D eigenvalue weighted by Crippen LogP contribution is -2.44. The molecule has 0 radical (unpaired) electrons. The highest BCUT2D eigenvalue weighted by Crippen LogP contribution is 2.21. The molecule has 2 atom stereocenters. The normalized spacial score (nSPS) is 26.2. The molecular formula is C9H17NO3. The second-order valence-electron chi connectivity index (χ2n) is 3.33. The van der Waals surface area contributed by atoms with Crippen molar-refractivity contribution in [1.29, 1.82) is 0 Å². The molecule has 0 amide bonds. The largest absolute Gasteiger partial charge is 0.480 e. The van der Waals surface area contributed by atoms with Crippen LogP contribution in [0.4, 0.5) is 0 Å². The molecule has 4 nitrogen and oxygen atoms in total. The number of carboxylic acids is 1. The minimum Gasteiger partial charge on any atom is -0.480 e. The molecular weight excluding hydrogens is 170 g/mol. The number of hydrogen-bond acceptors (Lipinski definition) is 3. The molecule has 1 aliphatic heterocycles. The van der Waals surface area contributed by atoms with Gasteiger partial charge in [-0.3, -0.25) is 9.69 Å². The van der Waals surface area contributed by atoms with E-state index in [1.807, 2.05) is 11.8 Å². The third kappa shape index (κ3) is 2.19. The summed E-state index contributed by atoms with van der Waals surface area (Å²) < 4.78 is 5.22. The molecule has 0 aromatic carbocycles. The van der Waals surface area contributed by atoms with Gasteiger partial charge in [0.1, 0.15) is 12.3 Å². The topological polar surface area (TPSA) is 49.8 Å². The molecule has 13 heavy (non-hydrogen) atoms. The van der Waals surface area contributed by atoms with Crippen LogP contribution in [0.25, 0.3) is 0 Å². The first kappa shape index (κ1) is 10.5. The van der Waals surface area contributed by atoms with Gasteiger partial charge >= 0.3 is 5.97 Å². The van der Waals surface area contributed by atoms with Crippen LogP contribution in [0.15, 0.2) is 0 Å². The molecule has 1 unspecified atom stereocenters. The van der Waals surface area contributed by atoms with Crippen molar-refractivity contribution in [1.82, 2.24) is 4.90 Å². The van der Waals surface area contributed by atoms with Crippen LogP contribution >= 0.6 is 0 Å². The van der Waals surface area contributed by atoms with Gasteiger partial charge in [-0.05, 0) is 19.3 Å². The van der Waals surface area contributed by atoms with E-state index in [1.165, 1.54) is 0 Å². The van der Waals surface area contributed by atoms with Gasteiger partial charge in [-0.15, -0.1) is 0 Å². The van der Waals surface area contributed by atoms with Crippen LogP contribution in [-0.4, -0.2) is 41.9 Å². The lowest BCUT2D eigenvalue weighted by molar-refractivity contribution is -0.147. The zero-order valence-corrected chi connectivity index (χ0v) is 8.19. The Bertz CT molecular complexity index is 184. The Morgan fingerprint density at radius 3 is 2.92 bits per heavy atom. The Kier molecular flexibility index (Phi) is 3.69. The highest BCUT2D eigenvalue weighted by atomic mass is 16.5. The van der Waals surface area contributed by atoms with E-state index >= 15 is 0 Å². The summed E-state index contributed by atoms with van der Waals surface area (Å²) in [5.74, 6) is -0.744. The van der Waals surface area contributed by atoms with Crippen molar-refractivity contribution in [3.8, 4) is 0 Å². The summed E-state index contributed by atoms with van der Waals surface area (Å²) in [4.78, 5) is 12.8. The van der Waals surface area contributed by atoms with Gasteiger partial charge in [0.2, 0.25) is 0 Å². The maximum Gasteiger partial charge on any atom is 0.320 e. The second-order valence-corrected chi connectivity index (χ2v) is 3.33. The third-order valence-electron chi connectivity index (χ3n) is 2.58. The fourth-order valence-corrected chi connectivity index (χ4v) is 1.92. The quantitative estimate of drug-likeness (QED) is 0.711. The number of aliphatic carboxylic acids is 1. The molecule has 76 valence electrons. The monoisotopic (exact) mass is 187 g/mol. The van der Waals surface area contributed by atoms with E-state index < -0.39 is 5.97 Å². The first-order chi connectivity index (χ1) is 6.20. The van der Waals surface area contributed by atoms with Crippen molar-refractivity contribution >= 4 is 5.97 Å². The van der Waals surface area contributed by atoms with Gasteiger partial charge in [0.15, 0.2) is 0 Å². The summed E-state index contributed by atoms with van der Waals surface area (Å²) in [5, 5.41) is 8.95. The van der Waals surface area contributed by atoms with Crippen LogP contribution in [0, 0.1) is 0 Å². The zero-order chi connectivity index (χ0) is 9.84. The molecule has 1 rings (SSSR count). The minimum absolute atomic E-state index is 0.000972. The number of ether oxygens (including phenoxy) is 1. The van der Waals surface area contributed by atoms with Crippen LogP contribution < -0.4 is 0 Å². The van der Waals surface area contributed by atoms with Crippen molar-refractivity contribution in [2.75, 3.05) is 13.7 Å². The average molecular weight is 187 g/mol. The maximum atomic E-state index is 10.9. The highest BCUT2D eigenvalue weighted by Gasteiger charge is 2.33. The molecule has 0 aliphatic carbocycles. The molecule has 0 bridgehead atoms. The number of nitrogens with zero attached hydrogens (tertiary/aromatic N) is 1. The minimum atomic E-state index is -0.744. The molecule has 1 saturated heterocycles. The Balaban J connectivity index is 2.61. The van der Waals surface area contributed by atoms with Gasteiger partial charge in [-0.25, -0.2) is 0 Å². The van der Waals surface area contributed by atoms with E-state index in [9.17, 15) is 4.79 Å². The zero-order valence-electron chi connectivity index (χ0n) is 8.19. The van der Waals surface area contributed by atoms with Gasteiger partial charge in [0, 0.05) is 13.7 Å². The Hall–Kier alpha value is -0.610. The van der Waals surface area contributed by atoms with Gasteiger partial charge in [0.25, 0.3) is 0 Å². The van der Waals surface area contributed by atoms with E-state index in [0.717, 1.165) is 19.4 Å². The summed E-state index contributed by atoms with van der Waals surface area (Å²) in [5.41, 5.74) is 0. The van der Waals surface area contributed by atoms with Crippen LogP contribution in [0.5, 0.6) is 0 Å². The Labute approximate surface area is 78.5 Å². The maximum absolute atomic E-state index is 10.9. The van der Waals surface area contributed by atoms with E-state index in [0.29, 0.717) is 6.42 Å². The fraction of sp³-hybridized carbons (Fsp3) is 0.889. The predicted octanol–water partition coefficient (Wildman–Crippen LogP) is 0.918. The molecule has 0 saturated carbocycles. The van der Waals surface area contributed by atoms with Gasteiger partial charge < -0.3 is 9.84 Å². The van der Waals surface area contributed by atoms with Crippen molar-refractivity contribution in [3.63, 3.8) is 0 Å². The highest BCUT2D eigenvalue weighted by molar-refractivity contribution is 5.73. The summed E-state index contributed by atoms with van der Waals surface area (Å²) in [6, 6.07) is -0.382.